The van der Waals surface area contributed by atoms with Crippen molar-refractivity contribution >= 4 is 11.6 Å². The van der Waals surface area contributed by atoms with Crippen LogP contribution in [-0.4, -0.2) is 9.78 Å². The Balaban J connectivity index is 1.92. The Labute approximate surface area is 130 Å². The summed E-state index contributed by atoms with van der Waals surface area (Å²) in [5, 5.41) is 14.5. The third-order valence-electron chi connectivity index (χ3n) is 4.22. The topological polar surface area (TPSA) is 41.6 Å². The molecule has 1 aromatic carbocycles. The highest BCUT2D eigenvalue weighted by Gasteiger charge is 2.26. The van der Waals surface area contributed by atoms with Crippen LogP contribution in [0.15, 0.2) is 24.3 Å². The van der Waals surface area contributed by atoms with Crippen LogP contribution in [0.1, 0.15) is 54.0 Å². The fraction of sp³-hybridized carbons (Fsp3) is 0.412. The Morgan fingerprint density at radius 2 is 1.95 bits per heavy atom. The van der Waals surface area contributed by atoms with Gasteiger partial charge in [0.15, 0.2) is 0 Å². The van der Waals surface area contributed by atoms with Crippen molar-refractivity contribution in [2.75, 3.05) is 0 Å². The van der Waals surface area contributed by atoms with Crippen molar-refractivity contribution in [1.29, 1.82) is 5.26 Å². The molecule has 0 amide bonds. The molecule has 1 aromatic heterocycles. The standard InChI is InChI=1S/C17H18ClN3/c1-12-6-8-13(9-7-12)11-21-17(18)15(10-19)16(20-21)14-4-2-3-5-14/h6-9,14H,2-5,11H2,1H3. The van der Waals surface area contributed by atoms with E-state index in [0.717, 1.165) is 24.1 Å². The van der Waals surface area contributed by atoms with E-state index in [2.05, 4.69) is 42.4 Å². The summed E-state index contributed by atoms with van der Waals surface area (Å²) in [5.74, 6) is 0.399. The van der Waals surface area contributed by atoms with E-state index in [-0.39, 0.29) is 0 Å². The maximum atomic E-state index is 9.39. The molecule has 108 valence electrons. The average molecular weight is 300 g/mol. The van der Waals surface area contributed by atoms with Gasteiger partial charge in [-0.2, -0.15) is 10.4 Å². The van der Waals surface area contributed by atoms with Gasteiger partial charge in [0.25, 0.3) is 0 Å². The van der Waals surface area contributed by atoms with Crippen LogP contribution >= 0.6 is 11.6 Å². The first-order valence-electron chi connectivity index (χ1n) is 7.41. The predicted octanol–water partition coefficient (Wildman–Crippen LogP) is 4.42. The van der Waals surface area contributed by atoms with Gasteiger partial charge in [0.05, 0.1) is 12.2 Å². The summed E-state index contributed by atoms with van der Waals surface area (Å²) in [6.07, 6.45) is 4.68. The number of hydrogen-bond acceptors (Lipinski definition) is 2. The Morgan fingerprint density at radius 1 is 1.29 bits per heavy atom. The van der Waals surface area contributed by atoms with Crippen molar-refractivity contribution in [3.8, 4) is 6.07 Å². The van der Waals surface area contributed by atoms with Gasteiger partial charge in [0.1, 0.15) is 16.8 Å². The average Bonchev–Trinajstić information content (AvgIpc) is 3.10. The lowest BCUT2D eigenvalue weighted by Gasteiger charge is -2.05. The number of nitrogens with zero attached hydrogens (tertiary/aromatic N) is 3. The Hall–Kier alpha value is -1.79. The maximum absolute atomic E-state index is 9.39. The van der Waals surface area contributed by atoms with Crippen molar-refractivity contribution in [2.45, 2.75) is 45.1 Å². The van der Waals surface area contributed by atoms with E-state index in [4.69, 9.17) is 11.6 Å². The van der Waals surface area contributed by atoms with Crippen molar-refractivity contribution in [3.05, 3.63) is 51.8 Å². The summed E-state index contributed by atoms with van der Waals surface area (Å²) in [6, 6.07) is 10.6. The molecule has 1 saturated carbocycles. The van der Waals surface area contributed by atoms with E-state index in [9.17, 15) is 5.26 Å². The second-order valence-electron chi connectivity index (χ2n) is 5.79. The summed E-state index contributed by atoms with van der Waals surface area (Å²) in [6.45, 7) is 2.68. The molecule has 1 fully saturated rings. The maximum Gasteiger partial charge on any atom is 0.145 e. The highest BCUT2D eigenvalue weighted by Crippen LogP contribution is 2.37. The fourth-order valence-electron chi connectivity index (χ4n) is 3.02. The molecule has 1 aliphatic carbocycles. The number of aromatic nitrogens is 2. The largest absolute Gasteiger partial charge is 0.248 e. The zero-order chi connectivity index (χ0) is 14.8. The number of nitriles is 1. The third kappa shape index (κ3) is 2.82. The normalized spacial score (nSPS) is 15.3. The molecule has 3 rings (SSSR count). The fourth-order valence-corrected chi connectivity index (χ4v) is 3.25. The van der Waals surface area contributed by atoms with Gasteiger partial charge < -0.3 is 0 Å². The molecular weight excluding hydrogens is 282 g/mol. The van der Waals surface area contributed by atoms with E-state index in [1.165, 1.54) is 18.4 Å². The third-order valence-corrected chi connectivity index (χ3v) is 4.61. The minimum Gasteiger partial charge on any atom is -0.248 e. The molecule has 0 atom stereocenters. The van der Waals surface area contributed by atoms with Gasteiger partial charge in [0, 0.05) is 5.92 Å². The van der Waals surface area contributed by atoms with Crippen LogP contribution in [0.2, 0.25) is 5.15 Å². The zero-order valence-electron chi connectivity index (χ0n) is 12.1. The van der Waals surface area contributed by atoms with Gasteiger partial charge in [-0.3, -0.25) is 0 Å². The lowest BCUT2D eigenvalue weighted by Crippen LogP contribution is -2.03. The van der Waals surface area contributed by atoms with Gasteiger partial charge in [-0.25, -0.2) is 4.68 Å². The number of rotatable bonds is 3. The van der Waals surface area contributed by atoms with E-state index < -0.39 is 0 Å². The van der Waals surface area contributed by atoms with Crippen LogP contribution in [0.5, 0.6) is 0 Å². The van der Waals surface area contributed by atoms with Crippen molar-refractivity contribution in [2.24, 2.45) is 0 Å². The smallest absolute Gasteiger partial charge is 0.145 e. The summed E-state index contributed by atoms with van der Waals surface area (Å²) in [7, 11) is 0. The molecule has 0 radical (unpaired) electrons. The zero-order valence-corrected chi connectivity index (χ0v) is 12.9. The van der Waals surface area contributed by atoms with Crippen molar-refractivity contribution in [1.82, 2.24) is 9.78 Å². The van der Waals surface area contributed by atoms with E-state index in [1.807, 2.05) is 0 Å². The second kappa shape index (κ2) is 5.91. The predicted molar refractivity (Wildman–Crippen MR) is 83.4 cm³/mol. The second-order valence-corrected chi connectivity index (χ2v) is 6.15. The van der Waals surface area contributed by atoms with Crippen LogP contribution in [-0.2, 0) is 6.54 Å². The molecule has 0 bridgehead atoms. The molecule has 1 heterocycles. The van der Waals surface area contributed by atoms with Crippen LogP contribution in [0, 0.1) is 18.3 Å². The molecule has 4 heteroatoms. The number of halogens is 1. The SMILES string of the molecule is Cc1ccc(Cn2nc(C3CCCC3)c(C#N)c2Cl)cc1. The first-order valence-corrected chi connectivity index (χ1v) is 7.78. The van der Waals surface area contributed by atoms with E-state index in [0.29, 0.717) is 23.2 Å². The first-order chi connectivity index (χ1) is 10.2. The highest BCUT2D eigenvalue weighted by atomic mass is 35.5. The van der Waals surface area contributed by atoms with Gasteiger partial charge in [-0.1, -0.05) is 54.3 Å². The van der Waals surface area contributed by atoms with Crippen LogP contribution in [0.25, 0.3) is 0 Å². The van der Waals surface area contributed by atoms with Gasteiger partial charge in [-0.05, 0) is 25.3 Å². The van der Waals surface area contributed by atoms with Gasteiger partial charge in [-0.15, -0.1) is 0 Å². The quantitative estimate of drug-likeness (QED) is 0.841. The summed E-state index contributed by atoms with van der Waals surface area (Å²) < 4.78 is 1.76. The number of benzene rings is 1. The molecule has 0 spiro atoms. The minimum absolute atomic E-state index is 0.399. The highest BCUT2D eigenvalue weighted by molar-refractivity contribution is 6.30. The molecule has 0 N–H and O–H groups in total. The van der Waals surface area contributed by atoms with E-state index >= 15 is 0 Å². The first kappa shape index (κ1) is 14.2. The molecule has 2 aromatic rings. The summed E-state index contributed by atoms with van der Waals surface area (Å²) in [5.41, 5.74) is 3.84. The van der Waals surface area contributed by atoms with Gasteiger partial charge >= 0.3 is 0 Å². The van der Waals surface area contributed by atoms with Crippen LogP contribution in [0.3, 0.4) is 0 Å². The summed E-state index contributed by atoms with van der Waals surface area (Å²) >= 11 is 6.37. The molecule has 3 nitrogen and oxygen atoms in total. The van der Waals surface area contributed by atoms with E-state index in [1.54, 1.807) is 4.68 Å². The lowest BCUT2D eigenvalue weighted by molar-refractivity contribution is 0.629. The number of hydrogen-bond donors (Lipinski definition) is 0. The molecule has 21 heavy (non-hydrogen) atoms. The van der Waals surface area contributed by atoms with Crippen LogP contribution < -0.4 is 0 Å². The molecule has 1 aliphatic rings. The van der Waals surface area contributed by atoms with Crippen molar-refractivity contribution < 1.29 is 0 Å². The monoisotopic (exact) mass is 299 g/mol. The molecule has 0 unspecified atom stereocenters. The Bertz CT molecular complexity index is 673. The molecule has 0 aliphatic heterocycles. The minimum atomic E-state index is 0.399. The van der Waals surface area contributed by atoms with Gasteiger partial charge in [0.2, 0.25) is 0 Å². The number of aryl methyl sites for hydroxylation is 1. The van der Waals surface area contributed by atoms with Crippen molar-refractivity contribution in [3.63, 3.8) is 0 Å². The lowest BCUT2D eigenvalue weighted by atomic mass is 10.0. The molecular formula is C17H18ClN3. The summed E-state index contributed by atoms with van der Waals surface area (Å²) in [4.78, 5) is 0. The Morgan fingerprint density at radius 3 is 2.57 bits per heavy atom. The Kier molecular flexibility index (Phi) is 3.98. The van der Waals surface area contributed by atoms with Crippen LogP contribution in [0.4, 0.5) is 0 Å². The molecule has 0 saturated heterocycles.